The van der Waals surface area contributed by atoms with Gasteiger partial charge in [-0.2, -0.15) is 0 Å². The Labute approximate surface area is 81.0 Å². The standard InChI is InChI=1S/C10H21NS/c1-8-9(2,3)7-10(4,5)11(8)12-6/h8H,7H2,1-6H3. The van der Waals surface area contributed by atoms with E-state index < -0.39 is 0 Å². The van der Waals surface area contributed by atoms with Crippen LogP contribution in [0.4, 0.5) is 0 Å². The maximum Gasteiger partial charge on any atom is 0.0266 e. The Bertz CT molecular complexity index is 175. The molecule has 0 aliphatic carbocycles. The predicted octanol–water partition coefficient (Wildman–Crippen LogP) is 3.16. The van der Waals surface area contributed by atoms with Gasteiger partial charge < -0.3 is 0 Å². The molecule has 1 heterocycles. The Morgan fingerprint density at radius 3 is 1.92 bits per heavy atom. The normalized spacial score (nSPS) is 34.0. The molecule has 0 N–H and O–H groups in total. The summed E-state index contributed by atoms with van der Waals surface area (Å²) < 4.78 is 2.53. The molecule has 1 unspecified atom stereocenters. The summed E-state index contributed by atoms with van der Waals surface area (Å²) in [4.78, 5) is 0. The minimum atomic E-state index is 0.363. The molecule has 0 radical (unpaired) electrons. The fourth-order valence-corrected chi connectivity index (χ4v) is 3.75. The lowest BCUT2D eigenvalue weighted by atomic mass is 9.82. The zero-order chi connectivity index (χ0) is 9.57. The molecule has 1 aliphatic rings. The first kappa shape index (κ1) is 10.4. The highest BCUT2D eigenvalue weighted by Gasteiger charge is 2.48. The average Bonchev–Trinajstić information content (AvgIpc) is 1.98. The Kier molecular flexibility index (Phi) is 2.52. The summed E-state index contributed by atoms with van der Waals surface area (Å²) in [7, 11) is 0. The molecule has 72 valence electrons. The Balaban J connectivity index is 2.88. The van der Waals surface area contributed by atoms with Gasteiger partial charge in [-0.15, -0.1) is 0 Å². The molecular weight excluding hydrogens is 166 g/mol. The largest absolute Gasteiger partial charge is 0.242 e. The summed E-state index contributed by atoms with van der Waals surface area (Å²) in [5, 5.41) is 0. The fraction of sp³-hybridized carbons (Fsp3) is 1.00. The number of rotatable bonds is 1. The molecule has 1 aliphatic heterocycles. The SMILES string of the molecule is CSN1C(C)C(C)(C)CC1(C)C. The van der Waals surface area contributed by atoms with E-state index in [2.05, 4.69) is 45.2 Å². The van der Waals surface area contributed by atoms with Gasteiger partial charge in [0.1, 0.15) is 0 Å². The van der Waals surface area contributed by atoms with Gasteiger partial charge in [-0.25, -0.2) is 4.31 Å². The quantitative estimate of drug-likeness (QED) is 0.580. The minimum Gasteiger partial charge on any atom is -0.242 e. The molecule has 12 heavy (non-hydrogen) atoms. The monoisotopic (exact) mass is 187 g/mol. The predicted molar refractivity (Wildman–Crippen MR) is 57.3 cm³/mol. The Morgan fingerprint density at radius 2 is 1.75 bits per heavy atom. The zero-order valence-corrected chi connectivity index (χ0v) is 9.96. The van der Waals surface area contributed by atoms with Crippen LogP contribution in [0.3, 0.4) is 0 Å². The van der Waals surface area contributed by atoms with Crippen LogP contribution < -0.4 is 0 Å². The highest BCUT2D eigenvalue weighted by molar-refractivity contribution is 7.96. The minimum absolute atomic E-state index is 0.363. The second-order valence-corrected chi connectivity index (χ2v) is 5.92. The Morgan fingerprint density at radius 1 is 1.25 bits per heavy atom. The molecule has 0 aromatic heterocycles. The summed E-state index contributed by atoms with van der Waals surface area (Å²) >= 11 is 1.88. The van der Waals surface area contributed by atoms with E-state index in [1.165, 1.54) is 6.42 Å². The van der Waals surface area contributed by atoms with Crippen molar-refractivity contribution in [2.24, 2.45) is 5.41 Å². The molecule has 1 rings (SSSR count). The second-order valence-electron chi connectivity index (χ2n) is 5.16. The fourth-order valence-electron chi connectivity index (χ4n) is 2.59. The molecule has 1 nitrogen and oxygen atoms in total. The van der Waals surface area contributed by atoms with Crippen molar-refractivity contribution in [3.63, 3.8) is 0 Å². The van der Waals surface area contributed by atoms with Crippen LogP contribution in [0.1, 0.15) is 41.0 Å². The molecule has 0 aromatic rings. The van der Waals surface area contributed by atoms with Crippen molar-refractivity contribution in [2.75, 3.05) is 6.26 Å². The molecule has 0 amide bonds. The highest BCUT2D eigenvalue weighted by Crippen LogP contribution is 2.48. The third-order valence-electron chi connectivity index (χ3n) is 3.16. The lowest BCUT2D eigenvalue weighted by Crippen LogP contribution is -2.37. The first-order valence-corrected chi connectivity index (χ1v) is 5.83. The summed E-state index contributed by atoms with van der Waals surface area (Å²) in [6.07, 6.45) is 3.47. The average molecular weight is 187 g/mol. The van der Waals surface area contributed by atoms with Gasteiger partial charge in [0.15, 0.2) is 0 Å². The molecule has 1 atom stereocenters. The van der Waals surface area contributed by atoms with Gasteiger partial charge in [0.2, 0.25) is 0 Å². The molecule has 0 aromatic carbocycles. The van der Waals surface area contributed by atoms with Crippen LogP contribution in [0, 0.1) is 5.41 Å². The van der Waals surface area contributed by atoms with Crippen LogP contribution in [0.5, 0.6) is 0 Å². The van der Waals surface area contributed by atoms with Crippen LogP contribution in [0.2, 0.25) is 0 Å². The molecular formula is C10H21NS. The van der Waals surface area contributed by atoms with Crippen molar-refractivity contribution in [1.82, 2.24) is 4.31 Å². The van der Waals surface area contributed by atoms with Crippen LogP contribution in [-0.4, -0.2) is 22.1 Å². The molecule has 1 fully saturated rings. The van der Waals surface area contributed by atoms with E-state index >= 15 is 0 Å². The molecule has 1 saturated heterocycles. The van der Waals surface area contributed by atoms with E-state index in [4.69, 9.17) is 0 Å². The Hall–Kier alpha value is 0.310. The van der Waals surface area contributed by atoms with Gasteiger partial charge in [-0.3, -0.25) is 0 Å². The van der Waals surface area contributed by atoms with Crippen LogP contribution >= 0.6 is 11.9 Å². The first-order valence-electron chi connectivity index (χ1n) is 4.65. The second kappa shape index (κ2) is 2.91. The lowest BCUT2D eigenvalue weighted by Gasteiger charge is -2.32. The van der Waals surface area contributed by atoms with Gasteiger partial charge in [-0.05, 0) is 38.9 Å². The van der Waals surface area contributed by atoms with Crippen molar-refractivity contribution in [2.45, 2.75) is 52.6 Å². The number of nitrogens with zero attached hydrogens (tertiary/aromatic N) is 1. The van der Waals surface area contributed by atoms with E-state index in [0.717, 1.165) is 0 Å². The van der Waals surface area contributed by atoms with E-state index in [0.29, 0.717) is 17.0 Å². The summed E-state index contributed by atoms with van der Waals surface area (Å²) in [5.41, 5.74) is 0.828. The van der Waals surface area contributed by atoms with E-state index in [1.807, 2.05) is 11.9 Å². The number of hydrogen-bond acceptors (Lipinski definition) is 2. The van der Waals surface area contributed by atoms with Crippen molar-refractivity contribution in [1.29, 1.82) is 0 Å². The molecule has 0 saturated carbocycles. The summed E-state index contributed by atoms with van der Waals surface area (Å²) in [6, 6.07) is 0.683. The maximum absolute atomic E-state index is 2.53. The van der Waals surface area contributed by atoms with Crippen molar-refractivity contribution in [3.05, 3.63) is 0 Å². The van der Waals surface area contributed by atoms with Gasteiger partial charge in [0.05, 0.1) is 0 Å². The van der Waals surface area contributed by atoms with Crippen LogP contribution in [0.25, 0.3) is 0 Å². The van der Waals surface area contributed by atoms with Crippen molar-refractivity contribution < 1.29 is 0 Å². The maximum atomic E-state index is 2.53. The lowest BCUT2D eigenvalue weighted by molar-refractivity contribution is 0.261. The van der Waals surface area contributed by atoms with Crippen LogP contribution in [0.15, 0.2) is 0 Å². The smallest absolute Gasteiger partial charge is 0.0266 e. The highest BCUT2D eigenvalue weighted by atomic mass is 32.2. The van der Waals surface area contributed by atoms with E-state index in [1.54, 1.807) is 0 Å². The molecule has 2 heteroatoms. The van der Waals surface area contributed by atoms with Crippen molar-refractivity contribution >= 4 is 11.9 Å². The van der Waals surface area contributed by atoms with Gasteiger partial charge in [-0.1, -0.05) is 25.8 Å². The van der Waals surface area contributed by atoms with E-state index in [-0.39, 0.29) is 0 Å². The summed E-state index contributed by atoms with van der Waals surface area (Å²) in [5.74, 6) is 0. The molecule has 0 spiro atoms. The molecule has 0 bridgehead atoms. The van der Waals surface area contributed by atoms with Crippen LogP contribution in [-0.2, 0) is 0 Å². The van der Waals surface area contributed by atoms with Crippen molar-refractivity contribution in [3.8, 4) is 0 Å². The zero-order valence-electron chi connectivity index (χ0n) is 9.14. The number of hydrogen-bond donors (Lipinski definition) is 0. The van der Waals surface area contributed by atoms with Gasteiger partial charge in [0, 0.05) is 11.6 Å². The summed E-state index contributed by atoms with van der Waals surface area (Å²) in [6.45, 7) is 11.8. The third-order valence-corrected chi connectivity index (χ3v) is 4.37. The van der Waals surface area contributed by atoms with Gasteiger partial charge in [0.25, 0.3) is 0 Å². The van der Waals surface area contributed by atoms with E-state index in [9.17, 15) is 0 Å². The topological polar surface area (TPSA) is 3.24 Å². The van der Waals surface area contributed by atoms with Gasteiger partial charge >= 0.3 is 0 Å². The third kappa shape index (κ3) is 1.51. The first-order chi connectivity index (χ1) is 5.31.